The van der Waals surface area contributed by atoms with Crippen molar-refractivity contribution in [2.45, 2.75) is 25.8 Å². The summed E-state index contributed by atoms with van der Waals surface area (Å²) in [6, 6.07) is 13.7. The fourth-order valence-corrected chi connectivity index (χ4v) is 2.81. The zero-order valence-electron chi connectivity index (χ0n) is 14.6. The topological polar surface area (TPSA) is 56.8 Å². The minimum absolute atomic E-state index is 0.0619. The van der Waals surface area contributed by atoms with Crippen molar-refractivity contribution < 1.29 is 19.0 Å². The number of hydrogen-bond donors (Lipinski definition) is 1. The molecule has 1 N–H and O–H groups in total. The van der Waals surface area contributed by atoms with E-state index >= 15 is 0 Å². The van der Waals surface area contributed by atoms with Crippen molar-refractivity contribution >= 4 is 5.91 Å². The lowest BCUT2D eigenvalue weighted by Gasteiger charge is -2.21. The zero-order chi connectivity index (χ0) is 17.6. The van der Waals surface area contributed by atoms with Gasteiger partial charge in [-0.05, 0) is 37.5 Å². The van der Waals surface area contributed by atoms with Crippen LogP contribution in [0, 0.1) is 0 Å². The average molecular weight is 341 g/mol. The summed E-state index contributed by atoms with van der Waals surface area (Å²) in [6.45, 7) is 2.95. The van der Waals surface area contributed by atoms with Gasteiger partial charge in [0.2, 0.25) is 5.75 Å². The van der Waals surface area contributed by atoms with Gasteiger partial charge in [-0.15, -0.1) is 0 Å². The lowest BCUT2D eigenvalue weighted by Crippen LogP contribution is -2.33. The highest BCUT2D eigenvalue weighted by molar-refractivity contribution is 5.95. The maximum absolute atomic E-state index is 12.6. The molecule has 2 aromatic carbocycles. The van der Waals surface area contributed by atoms with Crippen LogP contribution in [0.1, 0.15) is 29.3 Å². The van der Waals surface area contributed by atoms with E-state index in [1.54, 1.807) is 19.2 Å². The zero-order valence-corrected chi connectivity index (χ0v) is 14.6. The molecule has 132 valence electrons. The molecule has 1 aliphatic heterocycles. The van der Waals surface area contributed by atoms with Crippen molar-refractivity contribution in [1.82, 2.24) is 5.32 Å². The van der Waals surface area contributed by atoms with E-state index in [4.69, 9.17) is 14.2 Å². The minimum atomic E-state index is -0.143. The summed E-state index contributed by atoms with van der Waals surface area (Å²) in [6.07, 6.45) is 1.80. The molecule has 0 radical (unpaired) electrons. The smallest absolute Gasteiger partial charge is 0.251 e. The van der Waals surface area contributed by atoms with Crippen LogP contribution < -0.4 is 19.5 Å². The second-order valence-electron chi connectivity index (χ2n) is 6.10. The first-order chi connectivity index (χ1) is 12.2. The summed E-state index contributed by atoms with van der Waals surface area (Å²) in [5, 5.41) is 3.03. The second kappa shape index (κ2) is 7.92. The van der Waals surface area contributed by atoms with Crippen molar-refractivity contribution in [1.29, 1.82) is 0 Å². The normalized spacial score (nSPS) is 13.8. The van der Waals surface area contributed by atoms with Crippen molar-refractivity contribution in [2.24, 2.45) is 0 Å². The number of methoxy groups -OCH3 is 1. The van der Waals surface area contributed by atoms with E-state index in [0.29, 0.717) is 36.0 Å². The summed E-state index contributed by atoms with van der Waals surface area (Å²) >= 11 is 0. The molecule has 1 atom stereocenters. The Bertz CT molecular complexity index is 713. The van der Waals surface area contributed by atoms with Gasteiger partial charge in [0.15, 0.2) is 11.5 Å². The van der Waals surface area contributed by atoms with Crippen molar-refractivity contribution in [2.75, 3.05) is 20.3 Å². The Kier molecular flexibility index (Phi) is 5.43. The SMILES string of the molecule is COc1cc(C(=O)N[C@@H](C)CCc2ccccc2)cc2c1OCCO2. The first kappa shape index (κ1) is 17.1. The number of aryl methyl sites for hydroxylation is 1. The molecule has 3 rings (SSSR count). The maximum Gasteiger partial charge on any atom is 0.251 e. The summed E-state index contributed by atoms with van der Waals surface area (Å²) in [5.41, 5.74) is 1.78. The van der Waals surface area contributed by atoms with Crippen LogP contribution in [-0.2, 0) is 6.42 Å². The highest BCUT2D eigenvalue weighted by Gasteiger charge is 2.21. The molecule has 2 aromatic rings. The van der Waals surface area contributed by atoms with Gasteiger partial charge in [0.05, 0.1) is 7.11 Å². The quantitative estimate of drug-likeness (QED) is 0.876. The van der Waals surface area contributed by atoms with E-state index in [0.717, 1.165) is 12.8 Å². The minimum Gasteiger partial charge on any atom is -0.493 e. The number of amides is 1. The fourth-order valence-electron chi connectivity index (χ4n) is 2.81. The predicted octanol–water partition coefficient (Wildman–Crippen LogP) is 3.22. The van der Waals surface area contributed by atoms with E-state index in [1.165, 1.54) is 5.56 Å². The van der Waals surface area contributed by atoms with Crippen LogP contribution in [0.3, 0.4) is 0 Å². The van der Waals surface area contributed by atoms with Gasteiger partial charge in [-0.2, -0.15) is 0 Å². The molecule has 0 bridgehead atoms. The Labute approximate surface area is 147 Å². The standard InChI is InChI=1S/C20H23NO4/c1-14(8-9-15-6-4-3-5-7-15)21-20(22)16-12-17(23-2)19-18(13-16)24-10-11-25-19/h3-7,12-14H,8-11H2,1-2H3,(H,21,22)/t14-/m0/s1. The molecule has 1 aliphatic rings. The largest absolute Gasteiger partial charge is 0.493 e. The van der Waals surface area contributed by atoms with E-state index < -0.39 is 0 Å². The monoisotopic (exact) mass is 341 g/mol. The van der Waals surface area contributed by atoms with Gasteiger partial charge >= 0.3 is 0 Å². The third-order valence-electron chi connectivity index (χ3n) is 4.18. The Morgan fingerprint density at radius 2 is 1.96 bits per heavy atom. The molecule has 0 unspecified atom stereocenters. The van der Waals surface area contributed by atoms with Crippen LogP contribution in [-0.4, -0.2) is 32.3 Å². The first-order valence-corrected chi connectivity index (χ1v) is 8.50. The number of ether oxygens (including phenoxy) is 3. The summed E-state index contributed by atoms with van der Waals surface area (Å²) in [4.78, 5) is 12.6. The second-order valence-corrected chi connectivity index (χ2v) is 6.10. The molecular weight excluding hydrogens is 318 g/mol. The molecule has 1 heterocycles. The van der Waals surface area contributed by atoms with E-state index in [9.17, 15) is 4.79 Å². The lowest BCUT2D eigenvalue weighted by atomic mass is 10.1. The average Bonchev–Trinajstić information content (AvgIpc) is 2.66. The highest BCUT2D eigenvalue weighted by atomic mass is 16.6. The Hall–Kier alpha value is -2.69. The van der Waals surface area contributed by atoms with E-state index in [1.807, 2.05) is 25.1 Å². The fraction of sp³-hybridized carbons (Fsp3) is 0.350. The molecule has 0 aliphatic carbocycles. The molecule has 0 saturated heterocycles. The van der Waals surface area contributed by atoms with E-state index in [2.05, 4.69) is 17.4 Å². The number of fused-ring (bicyclic) bond motifs is 1. The maximum atomic E-state index is 12.6. The molecule has 0 aromatic heterocycles. The van der Waals surface area contributed by atoms with Crippen LogP contribution in [0.15, 0.2) is 42.5 Å². The number of benzene rings is 2. The molecular formula is C20H23NO4. The Balaban J connectivity index is 1.64. The molecule has 0 spiro atoms. The van der Waals surface area contributed by atoms with Crippen LogP contribution >= 0.6 is 0 Å². The van der Waals surface area contributed by atoms with Crippen LogP contribution in [0.2, 0.25) is 0 Å². The van der Waals surface area contributed by atoms with Gasteiger partial charge in [0.1, 0.15) is 13.2 Å². The number of rotatable bonds is 6. The third kappa shape index (κ3) is 4.24. The molecule has 5 nitrogen and oxygen atoms in total. The summed E-state index contributed by atoms with van der Waals surface area (Å²) in [5.74, 6) is 1.48. The summed E-state index contributed by atoms with van der Waals surface area (Å²) < 4.78 is 16.5. The predicted molar refractivity (Wildman–Crippen MR) is 95.7 cm³/mol. The molecule has 5 heteroatoms. The summed E-state index contributed by atoms with van der Waals surface area (Å²) in [7, 11) is 1.55. The van der Waals surface area contributed by atoms with Gasteiger partial charge in [-0.3, -0.25) is 4.79 Å². The number of hydrogen-bond acceptors (Lipinski definition) is 4. The van der Waals surface area contributed by atoms with Crippen molar-refractivity contribution in [3.8, 4) is 17.2 Å². The van der Waals surface area contributed by atoms with E-state index in [-0.39, 0.29) is 11.9 Å². The number of carbonyl (C=O) groups excluding carboxylic acids is 1. The Morgan fingerprint density at radius 3 is 2.72 bits per heavy atom. The van der Waals surface area contributed by atoms with Gasteiger partial charge < -0.3 is 19.5 Å². The van der Waals surface area contributed by atoms with Gasteiger partial charge in [-0.25, -0.2) is 0 Å². The van der Waals surface area contributed by atoms with Gasteiger partial charge in [0.25, 0.3) is 5.91 Å². The van der Waals surface area contributed by atoms with Gasteiger partial charge in [-0.1, -0.05) is 30.3 Å². The van der Waals surface area contributed by atoms with Crippen LogP contribution in [0.4, 0.5) is 0 Å². The number of carbonyl (C=O) groups is 1. The molecule has 0 saturated carbocycles. The molecule has 1 amide bonds. The molecule has 25 heavy (non-hydrogen) atoms. The van der Waals surface area contributed by atoms with Crippen LogP contribution in [0.25, 0.3) is 0 Å². The molecule has 0 fully saturated rings. The van der Waals surface area contributed by atoms with Crippen molar-refractivity contribution in [3.05, 3.63) is 53.6 Å². The van der Waals surface area contributed by atoms with Crippen LogP contribution in [0.5, 0.6) is 17.2 Å². The third-order valence-corrected chi connectivity index (χ3v) is 4.18. The lowest BCUT2D eigenvalue weighted by molar-refractivity contribution is 0.0936. The first-order valence-electron chi connectivity index (χ1n) is 8.50. The van der Waals surface area contributed by atoms with Gasteiger partial charge in [0, 0.05) is 11.6 Å². The van der Waals surface area contributed by atoms with Crippen molar-refractivity contribution in [3.63, 3.8) is 0 Å². The highest BCUT2D eigenvalue weighted by Crippen LogP contribution is 2.40. The Morgan fingerprint density at radius 1 is 1.20 bits per heavy atom. The number of nitrogens with one attached hydrogen (secondary N) is 1.